The van der Waals surface area contributed by atoms with Crippen LogP contribution in [-0.4, -0.2) is 48.2 Å². The molecule has 0 saturated carbocycles. The minimum atomic E-state index is 0.448. The quantitative estimate of drug-likeness (QED) is 0.728. The molecule has 0 atom stereocenters. The molecule has 1 fully saturated rings. The molecule has 96 valence electrons. The van der Waals surface area contributed by atoms with Gasteiger partial charge < -0.3 is 14.8 Å². The van der Waals surface area contributed by atoms with Crippen LogP contribution in [0.15, 0.2) is 6.33 Å². The Bertz CT molecular complexity index is 323. The highest BCUT2D eigenvalue weighted by atomic mass is 16.5. The molecule has 0 spiro atoms. The summed E-state index contributed by atoms with van der Waals surface area (Å²) in [4.78, 5) is 4.30. The van der Waals surface area contributed by atoms with Gasteiger partial charge in [0.1, 0.15) is 6.33 Å². The Morgan fingerprint density at radius 3 is 3.12 bits per heavy atom. The number of hydrogen-bond donors (Lipinski definition) is 1. The third-order valence-electron chi connectivity index (χ3n) is 2.89. The molecule has 1 aromatic heterocycles. The number of rotatable bonds is 6. The molecule has 2 heterocycles. The Morgan fingerprint density at radius 2 is 2.35 bits per heavy atom. The largest absolute Gasteiger partial charge is 0.383 e. The zero-order valence-corrected chi connectivity index (χ0v) is 10.3. The van der Waals surface area contributed by atoms with Gasteiger partial charge in [-0.15, -0.1) is 0 Å². The maximum Gasteiger partial charge on any atom is 0.164 e. The molecular weight excluding hydrogens is 220 g/mol. The SMILES string of the molecule is COCCNCc1ncn(C2CCOCC2)n1. The molecule has 1 saturated heterocycles. The van der Waals surface area contributed by atoms with Crippen LogP contribution in [0.4, 0.5) is 0 Å². The maximum absolute atomic E-state index is 5.33. The van der Waals surface area contributed by atoms with Crippen molar-refractivity contribution >= 4 is 0 Å². The fourth-order valence-electron chi connectivity index (χ4n) is 1.89. The van der Waals surface area contributed by atoms with Crippen LogP contribution in [-0.2, 0) is 16.0 Å². The van der Waals surface area contributed by atoms with E-state index in [0.717, 1.165) is 38.4 Å². The van der Waals surface area contributed by atoms with Gasteiger partial charge in [0.05, 0.1) is 19.2 Å². The van der Waals surface area contributed by atoms with Crippen molar-refractivity contribution in [2.75, 3.05) is 33.5 Å². The number of methoxy groups -OCH3 is 1. The summed E-state index contributed by atoms with van der Waals surface area (Å²) in [5.74, 6) is 0.840. The lowest BCUT2D eigenvalue weighted by Crippen LogP contribution is -2.21. The fraction of sp³-hybridized carbons (Fsp3) is 0.818. The third-order valence-corrected chi connectivity index (χ3v) is 2.89. The summed E-state index contributed by atoms with van der Waals surface area (Å²) in [7, 11) is 1.69. The van der Waals surface area contributed by atoms with Crippen LogP contribution in [0.2, 0.25) is 0 Å². The zero-order chi connectivity index (χ0) is 11.9. The zero-order valence-electron chi connectivity index (χ0n) is 10.3. The van der Waals surface area contributed by atoms with Crippen molar-refractivity contribution in [2.24, 2.45) is 0 Å². The van der Waals surface area contributed by atoms with Gasteiger partial charge in [0, 0.05) is 26.9 Å². The summed E-state index contributed by atoms with van der Waals surface area (Å²) in [5.41, 5.74) is 0. The van der Waals surface area contributed by atoms with Crippen molar-refractivity contribution in [1.82, 2.24) is 20.1 Å². The van der Waals surface area contributed by atoms with Crippen molar-refractivity contribution in [1.29, 1.82) is 0 Å². The highest BCUT2D eigenvalue weighted by Gasteiger charge is 2.16. The molecule has 0 amide bonds. The molecule has 1 aromatic rings. The van der Waals surface area contributed by atoms with Crippen molar-refractivity contribution in [3.05, 3.63) is 12.2 Å². The number of nitrogens with one attached hydrogen (secondary N) is 1. The van der Waals surface area contributed by atoms with Crippen LogP contribution in [0.1, 0.15) is 24.7 Å². The number of nitrogens with zero attached hydrogens (tertiary/aromatic N) is 3. The van der Waals surface area contributed by atoms with Crippen molar-refractivity contribution in [3.63, 3.8) is 0 Å². The van der Waals surface area contributed by atoms with Crippen LogP contribution in [0, 0.1) is 0 Å². The summed E-state index contributed by atoms with van der Waals surface area (Å²) in [6.07, 6.45) is 3.88. The van der Waals surface area contributed by atoms with E-state index in [-0.39, 0.29) is 0 Å². The lowest BCUT2D eigenvalue weighted by atomic mass is 10.1. The predicted octanol–water partition coefficient (Wildman–Crippen LogP) is 0.366. The predicted molar refractivity (Wildman–Crippen MR) is 62.7 cm³/mol. The molecule has 2 rings (SSSR count). The smallest absolute Gasteiger partial charge is 0.164 e. The highest BCUT2D eigenvalue weighted by molar-refractivity contribution is 4.83. The van der Waals surface area contributed by atoms with Crippen molar-refractivity contribution < 1.29 is 9.47 Å². The second-order valence-electron chi connectivity index (χ2n) is 4.15. The first kappa shape index (κ1) is 12.5. The number of aromatic nitrogens is 3. The first-order chi connectivity index (χ1) is 8.40. The lowest BCUT2D eigenvalue weighted by molar-refractivity contribution is 0.0660. The van der Waals surface area contributed by atoms with E-state index in [9.17, 15) is 0 Å². The summed E-state index contributed by atoms with van der Waals surface area (Å²) in [6, 6.07) is 0.448. The fourth-order valence-corrected chi connectivity index (χ4v) is 1.89. The van der Waals surface area contributed by atoms with E-state index < -0.39 is 0 Å². The van der Waals surface area contributed by atoms with Gasteiger partial charge >= 0.3 is 0 Å². The van der Waals surface area contributed by atoms with E-state index in [1.165, 1.54) is 0 Å². The van der Waals surface area contributed by atoms with Gasteiger partial charge in [-0.2, -0.15) is 5.10 Å². The molecule has 17 heavy (non-hydrogen) atoms. The second kappa shape index (κ2) is 6.68. The minimum absolute atomic E-state index is 0.448. The molecule has 6 nitrogen and oxygen atoms in total. The van der Waals surface area contributed by atoms with Crippen LogP contribution in [0.3, 0.4) is 0 Å². The second-order valence-corrected chi connectivity index (χ2v) is 4.15. The lowest BCUT2D eigenvalue weighted by Gasteiger charge is -2.21. The molecule has 0 aromatic carbocycles. The third kappa shape index (κ3) is 3.76. The summed E-state index contributed by atoms with van der Waals surface area (Å²) >= 11 is 0. The van der Waals surface area contributed by atoms with Gasteiger partial charge in [-0.25, -0.2) is 9.67 Å². The van der Waals surface area contributed by atoms with E-state index in [2.05, 4.69) is 15.4 Å². The van der Waals surface area contributed by atoms with E-state index in [1.54, 1.807) is 7.11 Å². The van der Waals surface area contributed by atoms with Gasteiger partial charge in [-0.1, -0.05) is 0 Å². The topological polar surface area (TPSA) is 61.2 Å². The molecule has 1 N–H and O–H groups in total. The summed E-state index contributed by atoms with van der Waals surface area (Å²) < 4.78 is 12.3. The van der Waals surface area contributed by atoms with E-state index >= 15 is 0 Å². The Balaban J connectivity index is 1.78. The highest BCUT2D eigenvalue weighted by Crippen LogP contribution is 2.18. The summed E-state index contributed by atoms with van der Waals surface area (Å²) in [6.45, 7) is 3.88. The van der Waals surface area contributed by atoms with Gasteiger partial charge in [0.2, 0.25) is 0 Å². The Kier molecular flexibility index (Phi) is 4.90. The van der Waals surface area contributed by atoms with Gasteiger partial charge in [-0.3, -0.25) is 0 Å². The Labute approximate surface area is 101 Å². The molecule has 1 aliphatic rings. The first-order valence-electron chi connectivity index (χ1n) is 6.07. The standard InChI is InChI=1S/C11H20N4O2/c1-16-7-4-12-8-11-13-9-15(14-11)10-2-5-17-6-3-10/h9-10,12H,2-8H2,1H3. The van der Waals surface area contributed by atoms with Gasteiger partial charge in [0.25, 0.3) is 0 Å². The Morgan fingerprint density at radius 1 is 1.53 bits per heavy atom. The minimum Gasteiger partial charge on any atom is -0.383 e. The normalized spacial score (nSPS) is 17.5. The first-order valence-corrected chi connectivity index (χ1v) is 6.07. The molecular formula is C11H20N4O2. The van der Waals surface area contributed by atoms with E-state index in [4.69, 9.17) is 9.47 Å². The van der Waals surface area contributed by atoms with Crippen molar-refractivity contribution in [2.45, 2.75) is 25.4 Å². The average Bonchev–Trinajstić information content (AvgIpc) is 2.85. The maximum atomic E-state index is 5.33. The molecule has 0 bridgehead atoms. The van der Waals surface area contributed by atoms with Crippen LogP contribution in [0.25, 0.3) is 0 Å². The molecule has 1 aliphatic heterocycles. The Hall–Kier alpha value is -0.980. The van der Waals surface area contributed by atoms with Gasteiger partial charge in [0.15, 0.2) is 5.82 Å². The van der Waals surface area contributed by atoms with E-state index in [0.29, 0.717) is 19.2 Å². The van der Waals surface area contributed by atoms with Crippen LogP contribution in [0.5, 0.6) is 0 Å². The monoisotopic (exact) mass is 240 g/mol. The van der Waals surface area contributed by atoms with Crippen LogP contribution < -0.4 is 5.32 Å². The van der Waals surface area contributed by atoms with Gasteiger partial charge in [-0.05, 0) is 12.8 Å². The molecule has 6 heteroatoms. The van der Waals surface area contributed by atoms with Crippen molar-refractivity contribution in [3.8, 4) is 0 Å². The molecule has 0 radical (unpaired) electrons. The van der Waals surface area contributed by atoms with E-state index in [1.807, 2.05) is 11.0 Å². The van der Waals surface area contributed by atoms with Crippen LogP contribution >= 0.6 is 0 Å². The average molecular weight is 240 g/mol. The molecule has 0 aliphatic carbocycles. The number of hydrogen-bond acceptors (Lipinski definition) is 5. The molecule has 0 unspecified atom stereocenters. The summed E-state index contributed by atoms with van der Waals surface area (Å²) in [5, 5.41) is 7.71. The number of ether oxygens (including phenoxy) is 2.